The molecule has 0 aromatic rings. The predicted octanol–water partition coefficient (Wildman–Crippen LogP) is 4.36. The zero-order valence-corrected chi connectivity index (χ0v) is 25.7. The lowest BCUT2D eigenvalue weighted by atomic mass is 9.59. The second-order valence-corrected chi connectivity index (χ2v) is 13.4. The maximum atomic E-state index is 14.7. The number of fused-ring (bicyclic) bond motifs is 3. The van der Waals surface area contributed by atoms with E-state index >= 15 is 0 Å². The van der Waals surface area contributed by atoms with Crippen LogP contribution in [0.4, 0.5) is 0 Å². The van der Waals surface area contributed by atoms with Crippen molar-refractivity contribution in [1.29, 1.82) is 0 Å². The van der Waals surface area contributed by atoms with Crippen LogP contribution in [0.2, 0.25) is 0 Å². The molecule has 228 valence electrons. The van der Waals surface area contributed by atoms with E-state index in [9.17, 15) is 29.7 Å². The van der Waals surface area contributed by atoms with Gasteiger partial charge in [0.15, 0.2) is 17.5 Å². The molecule has 4 unspecified atom stereocenters. The van der Waals surface area contributed by atoms with E-state index in [4.69, 9.17) is 9.47 Å². The third kappa shape index (κ3) is 4.47. The highest BCUT2D eigenvalue weighted by Gasteiger charge is 2.83. The van der Waals surface area contributed by atoms with E-state index < -0.39 is 64.6 Å². The van der Waals surface area contributed by atoms with Crippen molar-refractivity contribution in [2.24, 2.45) is 28.6 Å². The van der Waals surface area contributed by atoms with E-state index in [1.54, 1.807) is 39.0 Å². The number of aliphatic hydroxyl groups excluding tert-OH is 2. The van der Waals surface area contributed by atoms with Crippen LogP contribution in [-0.2, 0) is 23.9 Å². The Morgan fingerprint density at radius 1 is 1.17 bits per heavy atom. The van der Waals surface area contributed by atoms with Crippen molar-refractivity contribution >= 4 is 17.7 Å². The zero-order chi connectivity index (χ0) is 30.5. The minimum absolute atomic E-state index is 0.0904. The maximum absolute atomic E-state index is 14.7. The van der Waals surface area contributed by atoms with Gasteiger partial charge in [-0.05, 0) is 50.7 Å². The molecule has 0 aromatic carbocycles. The van der Waals surface area contributed by atoms with Gasteiger partial charge in [-0.3, -0.25) is 9.59 Å². The first-order valence-electron chi connectivity index (χ1n) is 15.2. The third-order valence-electron chi connectivity index (χ3n) is 10.8. The summed E-state index contributed by atoms with van der Waals surface area (Å²) < 4.78 is 12.1. The molecule has 8 nitrogen and oxygen atoms in total. The summed E-state index contributed by atoms with van der Waals surface area (Å²) in [7, 11) is 0. The molecule has 8 atom stereocenters. The number of unbranched alkanes of at least 4 members (excludes halogenated alkanes) is 4. The van der Waals surface area contributed by atoms with Gasteiger partial charge in [-0.2, -0.15) is 0 Å². The summed E-state index contributed by atoms with van der Waals surface area (Å²) in [5, 5.41) is 34.6. The second-order valence-electron chi connectivity index (χ2n) is 13.4. The fourth-order valence-corrected chi connectivity index (χ4v) is 8.34. The minimum Gasteiger partial charge on any atom is -0.458 e. The van der Waals surface area contributed by atoms with E-state index in [0.29, 0.717) is 24.0 Å². The molecule has 8 heteroatoms. The van der Waals surface area contributed by atoms with Gasteiger partial charge in [0.25, 0.3) is 0 Å². The highest BCUT2D eigenvalue weighted by Crippen LogP contribution is 2.75. The molecule has 41 heavy (non-hydrogen) atoms. The van der Waals surface area contributed by atoms with Crippen molar-refractivity contribution in [3.8, 4) is 0 Å². The molecule has 4 aliphatic rings. The van der Waals surface area contributed by atoms with Gasteiger partial charge in [0.1, 0.15) is 11.7 Å². The zero-order valence-electron chi connectivity index (χ0n) is 25.7. The first-order chi connectivity index (χ1) is 19.2. The molecular formula is C33H48O8. The summed E-state index contributed by atoms with van der Waals surface area (Å²) in [6, 6.07) is 0. The molecule has 0 amide bonds. The number of allylic oxidation sites excluding steroid dienone is 2. The highest BCUT2D eigenvalue weighted by molar-refractivity contribution is 5.96. The third-order valence-corrected chi connectivity index (χ3v) is 10.8. The van der Waals surface area contributed by atoms with Crippen molar-refractivity contribution in [2.45, 2.75) is 117 Å². The summed E-state index contributed by atoms with van der Waals surface area (Å²) in [4.78, 5) is 40.8. The summed E-state index contributed by atoms with van der Waals surface area (Å²) in [5.74, 6) is -3.09. The molecule has 0 aromatic heterocycles. The first kappa shape index (κ1) is 31.6. The normalized spacial score (nSPS) is 39.0. The number of aliphatic hydroxyl groups is 3. The molecule has 2 saturated carbocycles. The Bertz CT molecular complexity index is 1180. The van der Waals surface area contributed by atoms with E-state index in [1.807, 2.05) is 20.8 Å². The number of ether oxygens (including phenoxy) is 2. The summed E-state index contributed by atoms with van der Waals surface area (Å²) in [5.41, 5.74) is -4.52. The number of esters is 2. The summed E-state index contributed by atoms with van der Waals surface area (Å²) in [6.07, 6.45) is 7.43. The highest BCUT2D eigenvalue weighted by atomic mass is 16.6. The monoisotopic (exact) mass is 572 g/mol. The Labute approximate surface area is 243 Å². The number of hydrogen-bond acceptors (Lipinski definition) is 8. The van der Waals surface area contributed by atoms with Crippen molar-refractivity contribution < 1.29 is 39.2 Å². The smallest absolute Gasteiger partial charge is 0.334 e. The standard InChI is InChI=1S/C33H48O8/c1-8-10-11-12-13-14-24(35)41-32-17-21(5)31-16-20(4)28(40-29(38)19(3)9-2)33(31,39)26(36)22(18-34)15-23(27(31)37)25(32)30(32,6)7/h9,15-16,21,23,25-26,28,34,36,39H,8,10-14,17-18H2,1-7H3/b19-9-/t21-,23?,25?,26?,28+,31?,32+,33+/m1/s1. The van der Waals surface area contributed by atoms with Crippen LogP contribution in [0, 0.1) is 28.6 Å². The van der Waals surface area contributed by atoms with Gasteiger partial charge in [-0.25, -0.2) is 4.79 Å². The van der Waals surface area contributed by atoms with Gasteiger partial charge in [0, 0.05) is 29.2 Å². The fourth-order valence-electron chi connectivity index (χ4n) is 8.34. The first-order valence-corrected chi connectivity index (χ1v) is 15.2. The molecule has 0 saturated heterocycles. The van der Waals surface area contributed by atoms with Gasteiger partial charge >= 0.3 is 11.9 Å². The number of rotatable bonds is 10. The predicted molar refractivity (Wildman–Crippen MR) is 153 cm³/mol. The Morgan fingerprint density at radius 2 is 1.83 bits per heavy atom. The van der Waals surface area contributed by atoms with Crippen LogP contribution < -0.4 is 0 Å². The van der Waals surface area contributed by atoms with Crippen LogP contribution in [0.25, 0.3) is 0 Å². The van der Waals surface area contributed by atoms with E-state index in [0.717, 1.165) is 32.1 Å². The number of carbonyl (C=O) groups excluding carboxylic acids is 3. The Morgan fingerprint density at radius 3 is 2.44 bits per heavy atom. The molecule has 4 aliphatic carbocycles. The molecule has 3 N–H and O–H groups in total. The van der Waals surface area contributed by atoms with Crippen molar-refractivity contribution in [2.75, 3.05) is 6.61 Å². The van der Waals surface area contributed by atoms with Crippen LogP contribution in [0.5, 0.6) is 0 Å². The minimum atomic E-state index is -2.26. The molecule has 1 spiro atoms. The van der Waals surface area contributed by atoms with Gasteiger partial charge in [-0.15, -0.1) is 0 Å². The SMILES string of the molecule is C/C=C(/C)C(=O)O[C@H]1C(C)=CC23C(=O)C(C=C(CO)C(O)[C@]12O)C1C(C)(C)[C@]1(OC(=O)CCCCCCC)C[C@H]3C. The summed E-state index contributed by atoms with van der Waals surface area (Å²) >= 11 is 0. The number of hydrogen-bond donors (Lipinski definition) is 3. The van der Waals surface area contributed by atoms with E-state index in [2.05, 4.69) is 6.92 Å². The van der Waals surface area contributed by atoms with E-state index in [-0.39, 0.29) is 17.3 Å². The van der Waals surface area contributed by atoms with Crippen molar-refractivity contribution in [3.63, 3.8) is 0 Å². The number of carbonyl (C=O) groups is 3. The van der Waals surface area contributed by atoms with Crippen LogP contribution in [0.3, 0.4) is 0 Å². The Hall–Kier alpha value is -2.29. The fraction of sp³-hybridized carbons (Fsp3) is 0.727. The van der Waals surface area contributed by atoms with Gasteiger partial charge < -0.3 is 24.8 Å². The average molecular weight is 573 g/mol. The Balaban J connectivity index is 1.77. The average Bonchev–Trinajstić information content (AvgIpc) is 3.32. The molecule has 2 fully saturated rings. The van der Waals surface area contributed by atoms with Crippen LogP contribution in [0.15, 0.2) is 34.9 Å². The largest absolute Gasteiger partial charge is 0.458 e. The second kappa shape index (κ2) is 11.1. The number of ketones is 1. The lowest BCUT2D eigenvalue weighted by Gasteiger charge is -2.49. The van der Waals surface area contributed by atoms with Crippen LogP contribution in [0.1, 0.15) is 93.4 Å². The molecule has 0 radical (unpaired) electrons. The molecular weight excluding hydrogens is 524 g/mol. The summed E-state index contributed by atoms with van der Waals surface area (Å²) in [6.45, 7) is 12.3. The molecule has 0 aliphatic heterocycles. The van der Waals surface area contributed by atoms with Crippen LogP contribution in [-0.4, -0.2) is 63.1 Å². The van der Waals surface area contributed by atoms with Crippen molar-refractivity contribution in [1.82, 2.24) is 0 Å². The molecule has 4 rings (SSSR count). The van der Waals surface area contributed by atoms with Gasteiger partial charge in [-0.1, -0.05) is 71.6 Å². The van der Waals surface area contributed by atoms with E-state index in [1.165, 1.54) is 0 Å². The van der Waals surface area contributed by atoms with Crippen molar-refractivity contribution in [3.05, 3.63) is 34.9 Å². The maximum Gasteiger partial charge on any atom is 0.334 e. The molecule has 2 bridgehead atoms. The van der Waals surface area contributed by atoms with Gasteiger partial charge in [0.2, 0.25) is 0 Å². The topological polar surface area (TPSA) is 130 Å². The van der Waals surface area contributed by atoms with Crippen LogP contribution >= 0.6 is 0 Å². The van der Waals surface area contributed by atoms with Gasteiger partial charge in [0.05, 0.1) is 12.0 Å². The lowest BCUT2D eigenvalue weighted by Crippen LogP contribution is -2.66. The Kier molecular flexibility index (Phi) is 8.55. The quantitative estimate of drug-likeness (QED) is 0.152. The molecule has 0 heterocycles. The lowest BCUT2D eigenvalue weighted by molar-refractivity contribution is -0.203. The number of Topliss-reactive ketones (excluding diaryl/α,β-unsaturated/α-hetero) is 1.